The Labute approximate surface area is 94.0 Å². The molecule has 1 rings (SSSR count). The predicted octanol–water partition coefficient (Wildman–Crippen LogP) is 2.31. The first-order chi connectivity index (χ1) is 7.09. The van der Waals surface area contributed by atoms with Gasteiger partial charge in [0.2, 0.25) is 0 Å². The van der Waals surface area contributed by atoms with Gasteiger partial charge in [-0.05, 0) is 26.0 Å². The summed E-state index contributed by atoms with van der Waals surface area (Å²) in [6.45, 7) is 3.67. The number of nitrogen functional groups attached to an aromatic ring is 1. The van der Waals surface area contributed by atoms with E-state index in [-0.39, 0.29) is 12.1 Å². The highest BCUT2D eigenvalue weighted by atomic mass is 32.2. The molecule has 2 N–H and O–H groups in total. The fourth-order valence-electron chi connectivity index (χ4n) is 1.05. The van der Waals surface area contributed by atoms with Crippen molar-refractivity contribution in [3.8, 4) is 0 Å². The van der Waals surface area contributed by atoms with E-state index in [0.29, 0.717) is 11.4 Å². The van der Waals surface area contributed by atoms with Crippen LogP contribution >= 0.6 is 11.8 Å². The Hall–Kier alpha value is -1.16. The number of thioether (sulfide) groups is 1. The summed E-state index contributed by atoms with van der Waals surface area (Å²) in [6.07, 6.45) is -0.0637. The van der Waals surface area contributed by atoms with Crippen LogP contribution in [0.1, 0.15) is 13.8 Å². The fourth-order valence-corrected chi connectivity index (χ4v) is 1.80. The van der Waals surface area contributed by atoms with Crippen LogP contribution in [0.3, 0.4) is 0 Å². The highest BCUT2D eigenvalue weighted by Gasteiger charge is 2.07. The number of ether oxygens (including phenoxy) is 1. The third kappa shape index (κ3) is 4.25. The van der Waals surface area contributed by atoms with Gasteiger partial charge in [-0.15, -0.1) is 11.8 Å². The molecule has 0 aliphatic carbocycles. The first-order valence-corrected chi connectivity index (χ1v) is 5.75. The summed E-state index contributed by atoms with van der Waals surface area (Å²) >= 11 is 1.40. The minimum atomic E-state index is -0.210. The molecule has 82 valence electrons. The van der Waals surface area contributed by atoms with E-state index in [1.54, 1.807) is 0 Å². The molecule has 0 aromatic heterocycles. The maximum atomic E-state index is 11.3. The third-order valence-corrected chi connectivity index (χ3v) is 2.69. The van der Waals surface area contributed by atoms with E-state index < -0.39 is 0 Å². The van der Waals surface area contributed by atoms with Crippen LogP contribution in [0.4, 0.5) is 5.69 Å². The van der Waals surface area contributed by atoms with Gasteiger partial charge in [-0.3, -0.25) is 4.79 Å². The van der Waals surface area contributed by atoms with Gasteiger partial charge in [0, 0.05) is 10.6 Å². The smallest absolute Gasteiger partial charge is 0.316 e. The molecule has 0 aliphatic heterocycles. The summed E-state index contributed by atoms with van der Waals surface area (Å²) in [5.74, 6) is 0.0881. The summed E-state index contributed by atoms with van der Waals surface area (Å²) in [5.41, 5.74) is 6.43. The van der Waals surface area contributed by atoms with Crippen LogP contribution in [-0.4, -0.2) is 17.8 Å². The Morgan fingerprint density at radius 2 is 2.13 bits per heavy atom. The first-order valence-electron chi connectivity index (χ1n) is 4.76. The number of anilines is 1. The molecule has 0 atom stereocenters. The zero-order chi connectivity index (χ0) is 11.3. The molecule has 0 aliphatic rings. The van der Waals surface area contributed by atoms with Crippen molar-refractivity contribution in [3.05, 3.63) is 24.3 Å². The number of carbonyl (C=O) groups excluding carboxylic acids is 1. The monoisotopic (exact) mass is 225 g/mol. The van der Waals surface area contributed by atoms with Gasteiger partial charge in [-0.1, -0.05) is 12.1 Å². The standard InChI is InChI=1S/C11H15NO2S/c1-8(2)14-11(13)7-15-10-6-4-3-5-9(10)12/h3-6,8H,7,12H2,1-2H3. The molecule has 0 bridgehead atoms. The van der Waals surface area contributed by atoms with E-state index >= 15 is 0 Å². The molecule has 0 spiro atoms. The van der Waals surface area contributed by atoms with E-state index in [2.05, 4.69) is 0 Å². The molecule has 1 aromatic rings. The van der Waals surface area contributed by atoms with Crippen molar-refractivity contribution < 1.29 is 9.53 Å². The quantitative estimate of drug-likeness (QED) is 0.485. The highest BCUT2D eigenvalue weighted by molar-refractivity contribution is 8.00. The number of carbonyl (C=O) groups is 1. The van der Waals surface area contributed by atoms with Crippen molar-refractivity contribution >= 4 is 23.4 Å². The van der Waals surface area contributed by atoms with Crippen LogP contribution in [0.15, 0.2) is 29.2 Å². The molecule has 0 saturated heterocycles. The summed E-state index contributed by atoms with van der Waals surface area (Å²) in [6, 6.07) is 7.47. The molecule has 1 aromatic carbocycles. The second-order valence-corrected chi connectivity index (χ2v) is 4.38. The lowest BCUT2D eigenvalue weighted by Crippen LogP contribution is -2.13. The maximum Gasteiger partial charge on any atom is 0.316 e. The van der Waals surface area contributed by atoms with E-state index in [1.165, 1.54) is 11.8 Å². The highest BCUT2D eigenvalue weighted by Crippen LogP contribution is 2.24. The van der Waals surface area contributed by atoms with Crippen molar-refractivity contribution in [2.75, 3.05) is 11.5 Å². The molecule has 0 heterocycles. The molecule has 0 unspecified atom stereocenters. The Morgan fingerprint density at radius 1 is 1.47 bits per heavy atom. The topological polar surface area (TPSA) is 52.3 Å². The van der Waals surface area contributed by atoms with Gasteiger partial charge < -0.3 is 10.5 Å². The normalized spacial score (nSPS) is 10.3. The maximum absolute atomic E-state index is 11.3. The van der Waals surface area contributed by atoms with Gasteiger partial charge in [0.25, 0.3) is 0 Å². The van der Waals surface area contributed by atoms with Gasteiger partial charge in [-0.2, -0.15) is 0 Å². The van der Waals surface area contributed by atoms with Crippen LogP contribution in [0.2, 0.25) is 0 Å². The lowest BCUT2D eigenvalue weighted by atomic mass is 10.3. The minimum Gasteiger partial charge on any atom is -0.462 e. The second kappa shape index (κ2) is 5.66. The van der Waals surface area contributed by atoms with Gasteiger partial charge in [0.05, 0.1) is 11.9 Å². The summed E-state index contributed by atoms with van der Waals surface area (Å²) in [4.78, 5) is 12.2. The van der Waals surface area contributed by atoms with E-state index in [1.807, 2.05) is 38.1 Å². The average molecular weight is 225 g/mol. The lowest BCUT2D eigenvalue weighted by molar-refractivity contribution is -0.144. The molecule has 4 heteroatoms. The van der Waals surface area contributed by atoms with Gasteiger partial charge in [0.15, 0.2) is 0 Å². The van der Waals surface area contributed by atoms with E-state index in [9.17, 15) is 4.79 Å². The lowest BCUT2D eigenvalue weighted by Gasteiger charge is -2.08. The molecular formula is C11H15NO2S. The number of hydrogen-bond donors (Lipinski definition) is 1. The van der Waals surface area contributed by atoms with Crippen molar-refractivity contribution in [1.82, 2.24) is 0 Å². The Bertz CT molecular complexity index is 339. The number of rotatable bonds is 4. The molecule has 15 heavy (non-hydrogen) atoms. The van der Waals surface area contributed by atoms with Crippen molar-refractivity contribution in [2.45, 2.75) is 24.8 Å². The molecular weight excluding hydrogens is 210 g/mol. The average Bonchev–Trinajstić information content (AvgIpc) is 2.15. The number of hydrogen-bond acceptors (Lipinski definition) is 4. The van der Waals surface area contributed by atoms with Gasteiger partial charge >= 0.3 is 5.97 Å². The zero-order valence-electron chi connectivity index (χ0n) is 8.90. The Balaban J connectivity index is 2.44. The number of benzene rings is 1. The molecule has 0 amide bonds. The predicted molar refractivity (Wildman–Crippen MR) is 62.8 cm³/mol. The Kier molecular flexibility index (Phi) is 4.49. The van der Waals surface area contributed by atoms with Gasteiger partial charge in [0.1, 0.15) is 0 Å². The van der Waals surface area contributed by atoms with Crippen LogP contribution < -0.4 is 5.73 Å². The Morgan fingerprint density at radius 3 is 2.73 bits per heavy atom. The second-order valence-electron chi connectivity index (χ2n) is 3.37. The fraction of sp³-hybridized carbons (Fsp3) is 0.364. The van der Waals surface area contributed by atoms with Crippen molar-refractivity contribution in [1.29, 1.82) is 0 Å². The van der Waals surface area contributed by atoms with Crippen LogP contribution in [0.5, 0.6) is 0 Å². The number of para-hydroxylation sites is 1. The van der Waals surface area contributed by atoms with Crippen molar-refractivity contribution in [3.63, 3.8) is 0 Å². The first kappa shape index (κ1) is 11.9. The zero-order valence-corrected chi connectivity index (χ0v) is 9.71. The summed E-state index contributed by atoms with van der Waals surface area (Å²) in [7, 11) is 0. The largest absolute Gasteiger partial charge is 0.462 e. The van der Waals surface area contributed by atoms with Crippen LogP contribution in [-0.2, 0) is 9.53 Å². The van der Waals surface area contributed by atoms with E-state index in [4.69, 9.17) is 10.5 Å². The molecule has 3 nitrogen and oxygen atoms in total. The van der Waals surface area contributed by atoms with Crippen LogP contribution in [0.25, 0.3) is 0 Å². The molecule has 0 saturated carbocycles. The van der Waals surface area contributed by atoms with E-state index in [0.717, 1.165) is 4.90 Å². The third-order valence-electron chi connectivity index (χ3n) is 1.63. The molecule has 0 fully saturated rings. The van der Waals surface area contributed by atoms with Crippen molar-refractivity contribution in [2.24, 2.45) is 0 Å². The summed E-state index contributed by atoms with van der Waals surface area (Å²) in [5, 5.41) is 0. The number of nitrogens with two attached hydrogens (primary N) is 1. The molecule has 0 radical (unpaired) electrons. The minimum absolute atomic E-state index is 0.0637. The summed E-state index contributed by atoms with van der Waals surface area (Å²) < 4.78 is 5.01. The number of esters is 1. The van der Waals surface area contributed by atoms with Crippen LogP contribution in [0, 0.1) is 0 Å². The van der Waals surface area contributed by atoms with Gasteiger partial charge in [-0.25, -0.2) is 0 Å². The SMILES string of the molecule is CC(C)OC(=O)CSc1ccccc1N.